The topological polar surface area (TPSA) is 73.4 Å². The number of halogens is 1. The number of carbonyl (C=O) groups excluding carboxylic acids is 1. The molecule has 0 spiro atoms. The number of aromatic amines is 1. The number of amides is 1. The first kappa shape index (κ1) is 14.9. The van der Waals surface area contributed by atoms with Crippen LogP contribution in [0.3, 0.4) is 0 Å². The minimum atomic E-state index is -0.865. The van der Waals surface area contributed by atoms with Crippen molar-refractivity contribution in [3.05, 3.63) is 23.0 Å². The van der Waals surface area contributed by atoms with E-state index in [0.29, 0.717) is 10.7 Å². The summed E-state index contributed by atoms with van der Waals surface area (Å²) in [6.45, 7) is 0. The molecule has 1 aromatic rings. The minimum absolute atomic E-state index is 0.0102. The number of nitrogens with zero attached hydrogens (tertiary/aromatic N) is 1. The van der Waals surface area contributed by atoms with Crippen LogP contribution in [0, 0.1) is 0 Å². The maximum Gasteiger partial charge on any atom is 0.305 e. The number of carboxylic acid groups (broad SMARTS) is 1. The monoisotopic (exact) mass is 298 g/mol. The van der Waals surface area contributed by atoms with Crippen molar-refractivity contribution in [3.63, 3.8) is 0 Å². The SMILES string of the molecule is CN(C(=O)c1cc(Cl)c[nH]1)C1(CC(=O)O)CCCCC1. The molecular formula is C14H19ClN2O3. The lowest BCUT2D eigenvalue weighted by molar-refractivity contribution is -0.140. The molecule has 0 bridgehead atoms. The van der Waals surface area contributed by atoms with Crippen LogP contribution in [0.5, 0.6) is 0 Å². The molecule has 0 unspecified atom stereocenters. The van der Waals surface area contributed by atoms with Crippen LogP contribution in [0.1, 0.15) is 49.0 Å². The highest BCUT2D eigenvalue weighted by Crippen LogP contribution is 2.36. The second-order valence-corrected chi connectivity index (χ2v) is 5.89. The van der Waals surface area contributed by atoms with Gasteiger partial charge in [0.15, 0.2) is 0 Å². The Kier molecular flexibility index (Phi) is 4.38. The molecule has 1 heterocycles. The summed E-state index contributed by atoms with van der Waals surface area (Å²) in [5, 5.41) is 9.64. The number of aromatic nitrogens is 1. The zero-order valence-corrected chi connectivity index (χ0v) is 12.2. The van der Waals surface area contributed by atoms with Gasteiger partial charge < -0.3 is 15.0 Å². The zero-order valence-electron chi connectivity index (χ0n) is 11.5. The van der Waals surface area contributed by atoms with Crippen molar-refractivity contribution in [1.29, 1.82) is 0 Å². The molecule has 6 heteroatoms. The van der Waals surface area contributed by atoms with E-state index in [-0.39, 0.29) is 12.3 Å². The number of hydrogen-bond donors (Lipinski definition) is 2. The lowest BCUT2D eigenvalue weighted by Gasteiger charge is -2.43. The van der Waals surface area contributed by atoms with Gasteiger partial charge in [0.2, 0.25) is 0 Å². The molecule has 5 nitrogen and oxygen atoms in total. The fourth-order valence-corrected chi connectivity index (χ4v) is 3.17. The third-order valence-electron chi connectivity index (χ3n) is 4.16. The average molecular weight is 299 g/mol. The molecule has 0 aromatic carbocycles. The number of carboxylic acids is 1. The first-order valence-corrected chi connectivity index (χ1v) is 7.16. The highest BCUT2D eigenvalue weighted by Gasteiger charge is 2.40. The standard InChI is InChI=1S/C14H19ClN2O3/c1-17(13(20)11-7-10(15)9-16-11)14(8-12(18)19)5-3-2-4-6-14/h7,9,16H,2-6,8H2,1H3,(H,18,19). The minimum Gasteiger partial charge on any atom is -0.481 e. The van der Waals surface area contributed by atoms with Crippen molar-refractivity contribution in [2.75, 3.05) is 7.05 Å². The van der Waals surface area contributed by atoms with Crippen LogP contribution in [-0.2, 0) is 4.79 Å². The van der Waals surface area contributed by atoms with Crippen molar-refractivity contribution >= 4 is 23.5 Å². The third kappa shape index (κ3) is 2.98. The lowest BCUT2D eigenvalue weighted by Crippen LogP contribution is -2.52. The van der Waals surface area contributed by atoms with Gasteiger partial charge in [0.05, 0.1) is 17.0 Å². The molecule has 2 rings (SSSR count). The van der Waals surface area contributed by atoms with Crippen molar-refractivity contribution in [3.8, 4) is 0 Å². The molecule has 1 amide bonds. The Morgan fingerprint density at radius 1 is 1.40 bits per heavy atom. The fraction of sp³-hybridized carbons (Fsp3) is 0.571. The summed E-state index contributed by atoms with van der Waals surface area (Å²) in [5.41, 5.74) is -0.188. The molecule has 0 radical (unpaired) electrons. The maximum absolute atomic E-state index is 12.5. The molecule has 20 heavy (non-hydrogen) atoms. The Bertz CT molecular complexity index is 506. The summed E-state index contributed by atoms with van der Waals surface area (Å²) in [6.07, 6.45) is 6.01. The average Bonchev–Trinajstić information content (AvgIpc) is 2.84. The summed E-state index contributed by atoms with van der Waals surface area (Å²) in [6, 6.07) is 1.57. The van der Waals surface area contributed by atoms with E-state index in [2.05, 4.69) is 4.98 Å². The fourth-order valence-electron chi connectivity index (χ4n) is 3.01. The van der Waals surface area contributed by atoms with Crippen molar-refractivity contribution in [1.82, 2.24) is 9.88 Å². The van der Waals surface area contributed by atoms with Crippen molar-refractivity contribution in [2.24, 2.45) is 0 Å². The van der Waals surface area contributed by atoms with Crippen LogP contribution in [0.25, 0.3) is 0 Å². The molecule has 1 saturated carbocycles. The van der Waals surface area contributed by atoms with Crippen LogP contribution in [-0.4, -0.2) is 39.5 Å². The summed E-state index contributed by atoms with van der Waals surface area (Å²) < 4.78 is 0. The van der Waals surface area contributed by atoms with Crippen molar-refractivity contribution in [2.45, 2.75) is 44.1 Å². The Hall–Kier alpha value is -1.49. The predicted octanol–water partition coefficient (Wildman–Crippen LogP) is 2.92. The van der Waals surface area contributed by atoms with E-state index in [1.807, 2.05) is 0 Å². The van der Waals surface area contributed by atoms with Crippen LogP contribution < -0.4 is 0 Å². The Balaban J connectivity index is 2.23. The normalized spacial score (nSPS) is 17.7. The highest BCUT2D eigenvalue weighted by atomic mass is 35.5. The van der Waals surface area contributed by atoms with Crippen LogP contribution >= 0.6 is 11.6 Å². The number of hydrogen-bond acceptors (Lipinski definition) is 2. The predicted molar refractivity (Wildman–Crippen MR) is 76.0 cm³/mol. The van der Waals surface area contributed by atoms with E-state index in [0.717, 1.165) is 32.1 Å². The Morgan fingerprint density at radius 3 is 2.55 bits per heavy atom. The van der Waals surface area contributed by atoms with Crippen LogP contribution in [0.2, 0.25) is 5.02 Å². The van der Waals surface area contributed by atoms with Gasteiger partial charge in [0.1, 0.15) is 5.69 Å². The number of carbonyl (C=O) groups is 2. The molecule has 1 fully saturated rings. The van der Waals surface area contributed by atoms with E-state index < -0.39 is 11.5 Å². The third-order valence-corrected chi connectivity index (χ3v) is 4.38. The zero-order chi connectivity index (χ0) is 14.8. The highest BCUT2D eigenvalue weighted by molar-refractivity contribution is 6.30. The number of aliphatic carboxylic acids is 1. The van der Waals surface area contributed by atoms with Gasteiger partial charge in [0.25, 0.3) is 5.91 Å². The quantitative estimate of drug-likeness (QED) is 0.897. The molecule has 1 aromatic heterocycles. The maximum atomic E-state index is 12.5. The molecule has 0 saturated heterocycles. The second-order valence-electron chi connectivity index (χ2n) is 5.45. The summed E-state index contributed by atoms with van der Waals surface area (Å²) in [7, 11) is 1.69. The number of H-pyrrole nitrogens is 1. The van der Waals surface area contributed by atoms with Gasteiger partial charge in [0, 0.05) is 13.2 Å². The van der Waals surface area contributed by atoms with Gasteiger partial charge in [-0.1, -0.05) is 30.9 Å². The summed E-state index contributed by atoms with van der Waals surface area (Å²) >= 11 is 5.82. The molecular weight excluding hydrogens is 280 g/mol. The smallest absolute Gasteiger partial charge is 0.305 e. The van der Waals surface area contributed by atoms with Crippen LogP contribution in [0.15, 0.2) is 12.3 Å². The second kappa shape index (κ2) is 5.87. The van der Waals surface area contributed by atoms with Gasteiger partial charge in [-0.15, -0.1) is 0 Å². The lowest BCUT2D eigenvalue weighted by atomic mass is 9.78. The van der Waals surface area contributed by atoms with Gasteiger partial charge in [-0.3, -0.25) is 9.59 Å². The Labute approximate surface area is 122 Å². The van der Waals surface area contributed by atoms with E-state index in [4.69, 9.17) is 16.7 Å². The van der Waals surface area contributed by atoms with Gasteiger partial charge >= 0.3 is 5.97 Å². The molecule has 0 atom stereocenters. The molecule has 1 aliphatic rings. The van der Waals surface area contributed by atoms with Gasteiger partial charge in [-0.2, -0.15) is 0 Å². The first-order valence-electron chi connectivity index (χ1n) is 6.78. The largest absolute Gasteiger partial charge is 0.481 e. The molecule has 110 valence electrons. The van der Waals surface area contributed by atoms with Crippen LogP contribution in [0.4, 0.5) is 0 Å². The molecule has 1 aliphatic carbocycles. The van der Waals surface area contributed by atoms with E-state index in [1.165, 1.54) is 0 Å². The van der Waals surface area contributed by atoms with Gasteiger partial charge in [-0.25, -0.2) is 0 Å². The summed E-state index contributed by atoms with van der Waals surface area (Å²) in [4.78, 5) is 28.1. The number of nitrogens with one attached hydrogen (secondary N) is 1. The van der Waals surface area contributed by atoms with Gasteiger partial charge in [-0.05, 0) is 18.9 Å². The Morgan fingerprint density at radius 2 is 2.05 bits per heavy atom. The van der Waals surface area contributed by atoms with E-state index in [9.17, 15) is 9.59 Å². The van der Waals surface area contributed by atoms with Crippen molar-refractivity contribution < 1.29 is 14.7 Å². The first-order chi connectivity index (χ1) is 9.44. The molecule has 0 aliphatic heterocycles. The summed E-state index contributed by atoms with van der Waals surface area (Å²) in [5.74, 6) is -1.07. The number of rotatable bonds is 4. The van der Waals surface area contributed by atoms with E-state index in [1.54, 1.807) is 24.2 Å². The van der Waals surface area contributed by atoms with E-state index >= 15 is 0 Å². The molecule has 2 N–H and O–H groups in total.